The predicted molar refractivity (Wildman–Crippen MR) is 57.0 cm³/mol. The minimum Gasteiger partial charge on any atom is -0.392 e. The van der Waals surface area contributed by atoms with Crippen LogP contribution in [0.1, 0.15) is 31.9 Å². The zero-order chi connectivity index (χ0) is 9.68. The molecular weight excluding hydrogens is 182 g/mol. The number of nitrogens with one attached hydrogen (secondary N) is 1. The molecule has 0 amide bonds. The highest BCUT2D eigenvalue weighted by molar-refractivity contribution is 7.07. The fourth-order valence-corrected chi connectivity index (χ4v) is 1.85. The van der Waals surface area contributed by atoms with Crippen LogP contribution in [0.25, 0.3) is 0 Å². The number of rotatable bonds is 5. The number of aliphatic hydroxyl groups excluding tert-OH is 1. The van der Waals surface area contributed by atoms with E-state index < -0.39 is 0 Å². The zero-order valence-corrected chi connectivity index (χ0v) is 8.97. The average Bonchev–Trinajstić information content (AvgIpc) is 2.66. The Morgan fingerprint density at radius 3 is 2.92 bits per heavy atom. The molecule has 2 unspecified atom stereocenters. The van der Waals surface area contributed by atoms with Crippen molar-refractivity contribution in [1.29, 1.82) is 0 Å². The predicted octanol–water partition coefficient (Wildman–Crippen LogP) is 2.17. The summed E-state index contributed by atoms with van der Waals surface area (Å²) in [6.45, 7) is 4.78. The first-order valence-corrected chi connectivity index (χ1v) is 5.61. The first-order chi connectivity index (χ1) is 6.24. The third-order valence-electron chi connectivity index (χ3n) is 2.17. The minimum absolute atomic E-state index is 0.221. The van der Waals surface area contributed by atoms with Crippen LogP contribution in [-0.4, -0.2) is 17.8 Å². The van der Waals surface area contributed by atoms with Crippen molar-refractivity contribution in [1.82, 2.24) is 5.32 Å². The Morgan fingerprint density at radius 2 is 2.38 bits per heavy atom. The Labute approximate surface area is 83.6 Å². The summed E-state index contributed by atoms with van der Waals surface area (Å²) >= 11 is 1.71. The van der Waals surface area contributed by atoms with Gasteiger partial charge in [-0.2, -0.15) is 11.3 Å². The van der Waals surface area contributed by atoms with Gasteiger partial charge in [0.05, 0.1) is 6.10 Å². The van der Waals surface area contributed by atoms with Crippen LogP contribution in [0, 0.1) is 0 Å². The normalized spacial score (nSPS) is 15.6. The van der Waals surface area contributed by atoms with Crippen LogP contribution in [0.15, 0.2) is 16.8 Å². The van der Waals surface area contributed by atoms with Crippen LogP contribution < -0.4 is 5.32 Å². The molecule has 2 N–H and O–H groups in total. The first kappa shape index (κ1) is 10.7. The lowest BCUT2D eigenvalue weighted by molar-refractivity contribution is 0.164. The van der Waals surface area contributed by atoms with E-state index in [1.54, 1.807) is 11.3 Å². The molecular formula is C10H17NOS. The molecule has 1 rings (SSSR count). The highest BCUT2D eigenvalue weighted by atomic mass is 32.1. The lowest BCUT2D eigenvalue weighted by Gasteiger charge is -2.15. The summed E-state index contributed by atoms with van der Waals surface area (Å²) in [5.74, 6) is 0. The molecule has 0 saturated heterocycles. The minimum atomic E-state index is -0.221. The molecule has 0 bridgehead atoms. The van der Waals surface area contributed by atoms with Crippen LogP contribution in [0.2, 0.25) is 0 Å². The largest absolute Gasteiger partial charge is 0.392 e. The maximum absolute atomic E-state index is 9.34. The van der Waals surface area contributed by atoms with Gasteiger partial charge in [-0.05, 0) is 35.7 Å². The van der Waals surface area contributed by atoms with E-state index in [1.165, 1.54) is 5.56 Å². The van der Waals surface area contributed by atoms with E-state index in [0.29, 0.717) is 12.6 Å². The Bertz CT molecular complexity index is 223. The molecule has 0 saturated carbocycles. The third-order valence-corrected chi connectivity index (χ3v) is 2.88. The lowest BCUT2D eigenvalue weighted by atomic mass is 10.1. The smallest absolute Gasteiger partial charge is 0.0662 e. The molecule has 0 aromatic carbocycles. The van der Waals surface area contributed by atoms with Crippen LogP contribution in [0.4, 0.5) is 0 Å². The van der Waals surface area contributed by atoms with Gasteiger partial charge in [-0.25, -0.2) is 0 Å². The van der Waals surface area contributed by atoms with E-state index in [-0.39, 0.29) is 6.10 Å². The first-order valence-electron chi connectivity index (χ1n) is 4.67. The molecule has 3 heteroatoms. The molecule has 0 aliphatic carbocycles. The lowest BCUT2D eigenvalue weighted by Crippen LogP contribution is -2.28. The van der Waals surface area contributed by atoms with Crippen LogP contribution in [0.3, 0.4) is 0 Å². The van der Waals surface area contributed by atoms with E-state index in [1.807, 2.05) is 6.92 Å². The van der Waals surface area contributed by atoms with Crippen molar-refractivity contribution in [2.45, 2.75) is 32.4 Å². The van der Waals surface area contributed by atoms with Crippen LogP contribution in [0.5, 0.6) is 0 Å². The maximum Gasteiger partial charge on any atom is 0.0662 e. The third kappa shape index (κ3) is 3.46. The number of hydrogen-bond donors (Lipinski definition) is 2. The van der Waals surface area contributed by atoms with Crippen molar-refractivity contribution in [3.63, 3.8) is 0 Å². The summed E-state index contributed by atoms with van der Waals surface area (Å²) in [7, 11) is 0. The van der Waals surface area contributed by atoms with Gasteiger partial charge in [0.25, 0.3) is 0 Å². The van der Waals surface area contributed by atoms with Gasteiger partial charge in [0.2, 0.25) is 0 Å². The highest BCUT2D eigenvalue weighted by Gasteiger charge is 2.06. The zero-order valence-electron chi connectivity index (χ0n) is 8.16. The van der Waals surface area contributed by atoms with E-state index in [9.17, 15) is 5.11 Å². The Balaban J connectivity index is 2.30. The summed E-state index contributed by atoms with van der Waals surface area (Å²) in [6.07, 6.45) is 0.588. The number of hydrogen-bond acceptors (Lipinski definition) is 3. The second-order valence-electron chi connectivity index (χ2n) is 3.25. The van der Waals surface area contributed by atoms with Crippen molar-refractivity contribution in [2.24, 2.45) is 0 Å². The van der Waals surface area contributed by atoms with Crippen molar-refractivity contribution >= 4 is 11.3 Å². The fraction of sp³-hybridized carbons (Fsp3) is 0.600. The maximum atomic E-state index is 9.34. The molecule has 0 spiro atoms. The Kier molecular flexibility index (Phi) is 4.42. The number of aliphatic hydroxyl groups is 1. The summed E-state index contributed by atoms with van der Waals surface area (Å²) in [6, 6.07) is 2.45. The van der Waals surface area contributed by atoms with Gasteiger partial charge in [0.15, 0.2) is 0 Å². The molecule has 1 heterocycles. The molecule has 0 aliphatic rings. The van der Waals surface area contributed by atoms with Crippen molar-refractivity contribution < 1.29 is 5.11 Å². The second-order valence-corrected chi connectivity index (χ2v) is 4.03. The quantitative estimate of drug-likeness (QED) is 0.761. The van der Waals surface area contributed by atoms with E-state index in [4.69, 9.17) is 0 Å². The SMILES string of the molecule is CCC(O)CNC(C)c1ccsc1. The van der Waals surface area contributed by atoms with Gasteiger partial charge in [0.1, 0.15) is 0 Å². The van der Waals surface area contributed by atoms with Crippen LogP contribution in [-0.2, 0) is 0 Å². The van der Waals surface area contributed by atoms with Gasteiger partial charge in [-0.1, -0.05) is 6.92 Å². The number of thiophene rings is 1. The molecule has 1 aromatic heterocycles. The summed E-state index contributed by atoms with van der Waals surface area (Å²) < 4.78 is 0. The molecule has 1 aromatic rings. The van der Waals surface area contributed by atoms with Gasteiger partial charge < -0.3 is 10.4 Å². The Morgan fingerprint density at radius 1 is 1.62 bits per heavy atom. The standard InChI is InChI=1S/C10H17NOS/c1-3-10(12)6-11-8(2)9-4-5-13-7-9/h4-5,7-8,10-12H,3,6H2,1-2H3. The molecule has 0 radical (unpaired) electrons. The summed E-state index contributed by atoms with van der Waals surface area (Å²) in [4.78, 5) is 0. The summed E-state index contributed by atoms with van der Waals surface area (Å²) in [5.41, 5.74) is 1.30. The monoisotopic (exact) mass is 199 g/mol. The molecule has 74 valence electrons. The molecule has 13 heavy (non-hydrogen) atoms. The van der Waals surface area contributed by atoms with E-state index in [2.05, 4.69) is 29.1 Å². The van der Waals surface area contributed by atoms with Crippen molar-refractivity contribution in [3.05, 3.63) is 22.4 Å². The fourth-order valence-electron chi connectivity index (χ4n) is 1.10. The van der Waals surface area contributed by atoms with Gasteiger partial charge in [-0.15, -0.1) is 0 Å². The molecule has 2 nitrogen and oxygen atoms in total. The molecule has 0 aliphatic heterocycles. The van der Waals surface area contributed by atoms with Gasteiger partial charge in [-0.3, -0.25) is 0 Å². The van der Waals surface area contributed by atoms with Crippen LogP contribution >= 0.6 is 11.3 Å². The van der Waals surface area contributed by atoms with Crippen molar-refractivity contribution in [2.75, 3.05) is 6.54 Å². The summed E-state index contributed by atoms with van der Waals surface area (Å²) in [5, 5.41) is 16.8. The Hall–Kier alpha value is -0.380. The second kappa shape index (κ2) is 5.37. The highest BCUT2D eigenvalue weighted by Crippen LogP contribution is 2.15. The topological polar surface area (TPSA) is 32.3 Å². The van der Waals surface area contributed by atoms with Gasteiger partial charge in [0, 0.05) is 12.6 Å². The molecule has 2 atom stereocenters. The molecule has 0 fully saturated rings. The van der Waals surface area contributed by atoms with Gasteiger partial charge >= 0.3 is 0 Å². The average molecular weight is 199 g/mol. The van der Waals surface area contributed by atoms with Crippen molar-refractivity contribution in [3.8, 4) is 0 Å². The van der Waals surface area contributed by atoms with E-state index in [0.717, 1.165) is 6.42 Å². The van der Waals surface area contributed by atoms with E-state index >= 15 is 0 Å².